The van der Waals surface area contributed by atoms with Gasteiger partial charge in [0.05, 0.1) is 6.10 Å². The predicted molar refractivity (Wildman–Crippen MR) is 80.6 cm³/mol. The maximum atomic E-state index is 6.31. The highest BCUT2D eigenvalue weighted by Gasteiger charge is 2.21. The molecule has 0 radical (unpaired) electrons. The monoisotopic (exact) mass is 261 g/mol. The standard InChI is InChI=1S/C17H27NO/c1-12-7-9-16(10-8-12)19-17-13(2)5-4-6-15(17)11-14(3)18/h4-6,12,14,16H,7-11,18H2,1-3H3. The van der Waals surface area contributed by atoms with Crippen molar-refractivity contribution in [3.8, 4) is 5.75 Å². The van der Waals surface area contributed by atoms with Crippen molar-refractivity contribution in [1.82, 2.24) is 0 Å². The average molecular weight is 261 g/mol. The van der Waals surface area contributed by atoms with E-state index in [4.69, 9.17) is 10.5 Å². The molecule has 0 spiro atoms. The molecule has 1 aliphatic carbocycles. The molecule has 1 unspecified atom stereocenters. The number of aryl methyl sites for hydroxylation is 1. The van der Waals surface area contributed by atoms with E-state index in [2.05, 4.69) is 39.0 Å². The highest BCUT2D eigenvalue weighted by atomic mass is 16.5. The third-order valence-electron chi connectivity index (χ3n) is 4.08. The minimum Gasteiger partial charge on any atom is -0.490 e. The van der Waals surface area contributed by atoms with Crippen molar-refractivity contribution < 1.29 is 4.74 Å². The lowest BCUT2D eigenvalue weighted by atomic mass is 9.89. The topological polar surface area (TPSA) is 35.2 Å². The Morgan fingerprint density at radius 3 is 2.58 bits per heavy atom. The SMILES string of the molecule is Cc1cccc(CC(C)N)c1OC1CCC(C)CC1. The molecule has 1 aromatic carbocycles. The van der Waals surface area contributed by atoms with E-state index >= 15 is 0 Å². The molecule has 106 valence electrons. The molecule has 0 saturated heterocycles. The molecule has 19 heavy (non-hydrogen) atoms. The van der Waals surface area contributed by atoms with Gasteiger partial charge < -0.3 is 10.5 Å². The number of benzene rings is 1. The summed E-state index contributed by atoms with van der Waals surface area (Å²) in [5, 5.41) is 0. The van der Waals surface area contributed by atoms with Gasteiger partial charge in [-0.3, -0.25) is 0 Å². The van der Waals surface area contributed by atoms with Crippen LogP contribution in [0.15, 0.2) is 18.2 Å². The van der Waals surface area contributed by atoms with Crippen molar-refractivity contribution in [3.63, 3.8) is 0 Å². The van der Waals surface area contributed by atoms with Gasteiger partial charge in [0.15, 0.2) is 0 Å². The summed E-state index contributed by atoms with van der Waals surface area (Å²) in [6.07, 6.45) is 6.24. The first-order valence-electron chi connectivity index (χ1n) is 7.57. The molecule has 2 N–H and O–H groups in total. The second-order valence-electron chi connectivity index (χ2n) is 6.24. The van der Waals surface area contributed by atoms with Gasteiger partial charge in [0.1, 0.15) is 5.75 Å². The van der Waals surface area contributed by atoms with Crippen molar-refractivity contribution in [3.05, 3.63) is 29.3 Å². The van der Waals surface area contributed by atoms with E-state index < -0.39 is 0 Å². The number of ether oxygens (including phenoxy) is 1. The first-order valence-corrected chi connectivity index (χ1v) is 7.57. The summed E-state index contributed by atoms with van der Waals surface area (Å²) in [7, 11) is 0. The predicted octanol–water partition coefficient (Wildman–Crippen LogP) is 3.84. The largest absolute Gasteiger partial charge is 0.490 e. The zero-order chi connectivity index (χ0) is 13.8. The quantitative estimate of drug-likeness (QED) is 0.893. The third kappa shape index (κ3) is 3.97. The number of hydrogen-bond donors (Lipinski definition) is 1. The summed E-state index contributed by atoms with van der Waals surface area (Å²) in [6, 6.07) is 6.56. The van der Waals surface area contributed by atoms with Gasteiger partial charge in [-0.2, -0.15) is 0 Å². The van der Waals surface area contributed by atoms with E-state index in [-0.39, 0.29) is 6.04 Å². The van der Waals surface area contributed by atoms with Gasteiger partial charge in [0.2, 0.25) is 0 Å². The highest BCUT2D eigenvalue weighted by Crippen LogP contribution is 2.31. The number of para-hydroxylation sites is 1. The van der Waals surface area contributed by atoms with Crippen molar-refractivity contribution in [2.75, 3.05) is 0 Å². The summed E-state index contributed by atoms with van der Waals surface area (Å²) in [5.74, 6) is 1.94. The maximum absolute atomic E-state index is 6.31. The van der Waals surface area contributed by atoms with Crippen LogP contribution in [0.3, 0.4) is 0 Å². The van der Waals surface area contributed by atoms with E-state index in [1.807, 2.05) is 0 Å². The third-order valence-corrected chi connectivity index (χ3v) is 4.08. The summed E-state index contributed by atoms with van der Waals surface area (Å²) in [4.78, 5) is 0. The molecule has 0 heterocycles. The smallest absolute Gasteiger partial charge is 0.125 e. The zero-order valence-corrected chi connectivity index (χ0v) is 12.5. The Labute approximate surface area is 117 Å². The van der Waals surface area contributed by atoms with E-state index in [0.717, 1.165) is 18.1 Å². The van der Waals surface area contributed by atoms with Gasteiger partial charge in [-0.15, -0.1) is 0 Å². The van der Waals surface area contributed by atoms with Crippen molar-refractivity contribution in [1.29, 1.82) is 0 Å². The van der Waals surface area contributed by atoms with E-state index in [1.165, 1.54) is 36.8 Å². The molecule has 0 bridgehead atoms. The van der Waals surface area contributed by atoms with Gasteiger partial charge in [-0.05, 0) is 63.0 Å². The normalized spacial score (nSPS) is 25.1. The van der Waals surface area contributed by atoms with Crippen LogP contribution in [0, 0.1) is 12.8 Å². The fourth-order valence-electron chi connectivity index (χ4n) is 2.90. The average Bonchev–Trinajstić information content (AvgIpc) is 2.35. The van der Waals surface area contributed by atoms with Crippen molar-refractivity contribution in [2.45, 2.75) is 65.0 Å². The lowest BCUT2D eigenvalue weighted by Gasteiger charge is -2.28. The molecule has 1 fully saturated rings. The van der Waals surface area contributed by atoms with Crippen molar-refractivity contribution >= 4 is 0 Å². The van der Waals surface area contributed by atoms with Crippen LogP contribution >= 0.6 is 0 Å². The lowest BCUT2D eigenvalue weighted by Crippen LogP contribution is -2.25. The first-order chi connectivity index (χ1) is 9.06. The highest BCUT2D eigenvalue weighted by molar-refractivity contribution is 5.41. The second-order valence-corrected chi connectivity index (χ2v) is 6.24. The lowest BCUT2D eigenvalue weighted by molar-refractivity contribution is 0.133. The maximum Gasteiger partial charge on any atom is 0.125 e. The van der Waals surface area contributed by atoms with Gasteiger partial charge >= 0.3 is 0 Å². The molecule has 1 aromatic rings. The first kappa shape index (κ1) is 14.4. The minimum atomic E-state index is 0.176. The Balaban J connectivity index is 2.10. The Bertz CT molecular complexity index is 406. The van der Waals surface area contributed by atoms with E-state index in [9.17, 15) is 0 Å². The molecule has 2 heteroatoms. The molecule has 0 aliphatic heterocycles. The summed E-state index contributed by atoms with van der Waals surface area (Å²) in [5.41, 5.74) is 8.43. The minimum absolute atomic E-state index is 0.176. The Morgan fingerprint density at radius 2 is 1.95 bits per heavy atom. The Hall–Kier alpha value is -1.02. The number of nitrogens with two attached hydrogens (primary N) is 1. The van der Waals surface area contributed by atoms with Crippen LogP contribution in [0.1, 0.15) is 50.7 Å². The molecule has 1 atom stereocenters. The molecule has 0 amide bonds. The Morgan fingerprint density at radius 1 is 1.26 bits per heavy atom. The van der Waals surface area contributed by atoms with Crippen LogP contribution in [-0.2, 0) is 6.42 Å². The fourth-order valence-corrected chi connectivity index (χ4v) is 2.90. The van der Waals surface area contributed by atoms with Gasteiger partial charge in [0.25, 0.3) is 0 Å². The van der Waals surface area contributed by atoms with Gasteiger partial charge in [-0.25, -0.2) is 0 Å². The van der Waals surface area contributed by atoms with Gasteiger partial charge in [0, 0.05) is 6.04 Å². The molecule has 1 aliphatic rings. The van der Waals surface area contributed by atoms with Crippen LogP contribution < -0.4 is 10.5 Å². The van der Waals surface area contributed by atoms with Crippen LogP contribution in [0.25, 0.3) is 0 Å². The molecule has 2 nitrogen and oxygen atoms in total. The summed E-state index contributed by atoms with van der Waals surface area (Å²) < 4.78 is 6.31. The summed E-state index contributed by atoms with van der Waals surface area (Å²) >= 11 is 0. The van der Waals surface area contributed by atoms with E-state index in [0.29, 0.717) is 6.10 Å². The molecular weight excluding hydrogens is 234 g/mol. The zero-order valence-electron chi connectivity index (χ0n) is 12.5. The second kappa shape index (κ2) is 6.42. The molecule has 1 saturated carbocycles. The molecule has 0 aromatic heterocycles. The number of rotatable bonds is 4. The van der Waals surface area contributed by atoms with Crippen LogP contribution in [0.4, 0.5) is 0 Å². The molecule has 2 rings (SSSR count). The van der Waals surface area contributed by atoms with Crippen LogP contribution in [-0.4, -0.2) is 12.1 Å². The number of hydrogen-bond acceptors (Lipinski definition) is 2. The van der Waals surface area contributed by atoms with Crippen molar-refractivity contribution in [2.24, 2.45) is 11.7 Å². The van der Waals surface area contributed by atoms with Crippen LogP contribution in [0.2, 0.25) is 0 Å². The van der Waals surface area contributed by atoms with Gasteiger partial charge in [-0.1, -0.05) is 25.1 Å². The fraction of sp³-hybridized carbons (Fsp3) is 0.647. The summed E-state index contributed by atoms with van der Waals surface area (Å²) in [6.45, 7) is 6.52. The Kier molecular flexibility index (Phi) is 4.87. The van der Waals surface area contributed by atoms with E-state index in [1.54, 1.807) is 0 Å². The molecular formula is C17H27NO. The van der Waals surface area contributed by atoms with Crippen LogP contribution in [0.5, 0.6) is 5.75 Å².